The molecule has 0 bridgehead atoms. The average Bonchev–Trinajstić information content (AvgIpc) is 2.36. The molecule has 2 unspecified atom stereocenters. The van der Waals surface area contributed by atoms with Crippen molar-refractivity contribution >= 4 is 0 Å². The van der Waals surface area contributed by atoms with Crippen LogP contribution in [0.15, 0.2) is 0 Å². The Hall–Kier alpha value is -0.0800. The third-order valence-electron chi connectivity index (χ3n) is 6.18. The molecule has 0 radical (unpaired) electrons. The third kappa shape index (κ3) is 7.15. The van der Waals surface area contributed by atoms with E-state index in [1.165, 1.54) is 0 Å². The number of hydrogen-bond donors (Lipinski definition) is 2. The van der Waals surface area contributed by atoms with Crippen LogP contribution in [0.25, 0.3) is 0 Å². The molecule has 0 aliphatic rings. The molecule has 0 spiro atoms. The highest BCUT2D eigenvalue weighted by atomic mass is 16.3. The van der Waals surface area contributed by atoms with Crippen LogP contribution in [0.2, 0.25) is 0 Å². The van der Waals surface area contributed by atoms with E-state index in [4.69, 9.17) is 5.11 Å². The molecule has 0 aliphatic carbocycles. The van der Waals surface area contributed by atoms with Gasteiger partial charge in [0.2, 0.25) is 0 Å². The van der Waals surface area contributed by atoms with Gasteiger partial charge in [0, 0.05) is 0 Å². The number of hydrogen-bond acceptors (Lipinski definition) is 2. The van der Waals surface area contributed by atoms with Crippen molar-refractivity contribution in [2.75, 3.05) is 6.61 Å². The Balaban J connectivity index is 0. The standard InChI is InChI=1S/C11H24.C8H18O2/c1-8(2)10(5)11(6,7)9(3)4;1-6(2)8(3,4)7(10)5-9/h8-10H,1-7H3;6-7,9-10H,5H2,1-4H3. The molecular weight excluding hydrogens is 260 g/mol. The van der Waals surface area contributed by atoms with E-state index in [0.29, 0.717) is 11.3 Å². The molecule has 21 heavy (non-hydrogen) atoms. The maximum atomic E-state index is 9.31. The third-order valence-corrected chi connectivity index (χ3v) is 6.18. The highest BCUT2D eigenvalue weighted by Crippen LogP contribution is 2.38. The van der Waals surface area contributed by atoms with Crippen molar-refractivity contribution < 1.29 is 10.2 Å². The van der Waals surface area contributed by atoms with Gasteiger partial charge in [0.15, 0.2) is 0 Å². The van der Waals surface area contributed by atoms with Gasteiger partial charge in [-0.3, -0.25) is 0 Å². The molecule has 0 aromatic heterocycles. The SMILES string of the molecule is CC(C)C(C)(C)C(O)CO.CC(C)C(C)C(C)(C)C(C)C. The lowest BCUT2D eigenvalue weighted by Gasteiger charge is -2.38. The van der Waals surface area contributed by atoms with Gasteiger partial charge in [-0.2, -0.15) is 0 Å². The van der Waals surface area contributed by atoms with E-state index in [0.717, 1.165) is 17.8 Å². The van der Waals surface area contributed by atoms with Crippen molar-refractivity contribution in [1.29, 1.82) is 0 Å². The minimum absolute atomic E-state index is 0.148. The van der Waals surface area contributed by atoms with E-state index >= 15 is 0 Å². The quantitative estimate of drug-likeness (QED) is 0.726. The summed E-state index contributed by atoms with van der Waals surface area (Å²) >= 11 is 0. The van der Waals surface area contributed by atoms with Gasteiger partial charge in [0.25, 0.3) is 0 Å². The van der Waals surface area contributed by atoms with E-state index in [2.05, 4.69) is 48.5 Å². The van der Waals surface area contributed by atoms with Crippen LogP contribution in [0.1, 0.15) is 76.2 Å². The summed E-state index contributed by atoms with van der Waals surface area (Å²) < 4.78 is 0. The summed E-state index contributed by atoms with van der Waals surface area (Å²) in [6.45, 7) is 24.2. The van der Waals surface area contributed by atoms with Crippen molar-refractivity contribution in [1.82, 2.24) is 0 Å². The maximum absolute atomic E-state index is 9.31. The van der Waals surface area contributed by atoms with Gasteiger partial charge in [-0.15, -0.1) is 0 Å². The number of aliphatic hydroxyl groups excluding tert-OH is 2. The predicted octanol–water partition coefficient (Wildman–Crippen LogP) is 4.98. The Kier molecular flexibility index (Phi) is 10.1. The average molecular weight is 303 g/mol. The molecule has 0 aliphatic heterocycles. The maximum Gasteiger partial charge on any atom is 0.0824 e. The zero-order valence-electron chi connectivity index (χ0n) is 16.5. The van der Waals surface area contributed by atoms with Crippen molar-refractivity contribution in [3.63, 3.8) is 0 Å². The summed E-state index contributed by atoms with van der Waals surface area (Å²) in [5.74, 6) is 2.77. The van der Waals surface area contributed by atoms with Crippen LogP contribution in [0.4, 0.5) is 0 Å². The van der Waals surface area contributed by atoms with Gasteiger partial charge in [0.1, 0.15) is 0 Å². The Labute approximate surface area is 134 Å². The van der Waals surface area contributed by atoms with Gasteiger partial charge in [-0.05, 0) is 34.5 Å². The molecule has 2 heteroatoms. The lowest BCUT2D eigenvalue weighted by atomic mass is 9.67. The fraction of sp³-hybridized carbons (Fsp3) is 1.00. The monoisotopic (exact) mass is 302 g/mol. The van der Waals surface area contributed by atoms with Crippen LogP contribution in [0, 0.1) is 34.5 Å². The van der Waals surface area contributed by atoms with Crippen LogP contribution >= 0.6 is 0 Å². The molecule has 2 atom stereocenters. The molecule has 0 saturated heterocycles. The van der Waals surface area contributed by atoms with E-state index in [1.807, 2.05) is 27.7 Å². The second-order valence-corrected chi connectivity index (χ2v) is 8.68. The Morgan fingerprint density at radius 2 is 1.05 bits per heavy atom. The molecule has 0 heterocycles. The summed E-state index contributed by atoms with van der Waals surface area (Å²) in [4.78, 5) is 0. The highest BCUT2D eigenvalue weighted by molar-refractivity contribution is 4.80. The Bertz CT molecular complexity index is 265. The minimum Gasteiger partial charge on any atom is -0.394 e. The van der Waals surface area contributed by atoms with Crippen LogP contribution in [-0.2, 0) is 0 Å². The van der Waals surface area contributed by atoms with Crippen molar-refractivity contribution in [2.45, 2.75) is 82.3 Å². The number of aliphatic hydroxyl groups is 2. The molecule has 0 rings (SSSR count). The highest BCUT2D eigenvalue weighted by Gasteiger charge is 2.31. The second kappa shape index (κ2) is 9.15. The minimum atomic E-state index is -0.604. The van der Waals surface area contributed by atoms with E-state index < -0.39 is 6.10 Å². The lowest BCUT2D eigenvalue weighted by Crippen LogP contribution is -2.36. The van der Waals surface area contributed by atoms with Crippen molar-refractivity contribution in [3.8, 4) is 0 Å². The van der Waals surface area contributed by atoms with Gasteiger partial charge in [-0.1, -0.05) is 76.2 Å². The first-order valence-electron chi connectivity index (χ1n) is 8.51. The first kappa shape index (κ1) is 23.2. The van der Waals surface area contributed by atoms with Gasteiger partial charge < -0.3 is 10.2 Å². The molecule has 0 saturated carbocycles. The molecule has 0 amide bonds. The van der Waals surface area contributed by atoms with E-state index in [1.54, 1.807) is 0 Å². The number of rotatable bonds is 6. The van der Waals surface area contributed by atoms with E-state index in [-0.39, 0.29) is 12.0 Å². The van der Waals surface area contributed by atoms with E-state index in [9.17, 15) is 5.11 Å². The summed E-state index contributed by atoms with van der Waals surface area (Å²) in [5.41, 5.74) is 0.295. The Morgan fingerprint density at radius 3 is 1.14 bits per heavy atom. The molecular formula is C19H42O2. The normalized spacial score (nSPS) is 16.0. The molecule has 2 nitrogen and oxygen atoms in total. The fourth-order valence-electron chi connectivity index (χ4n) is 2.00. The van der Waals surface area contributed by atoms with Crippen LogP contribution in [0.3, 0.4) is 0 Å². The smallest absolute Gasteiger partial charge is 0.0824 e. The first-order valence-corrected chi connectivity index (χ1v) is 8.51. The summed E-state index contributed by atoms with van der Waals surface area (Å²) in [5, 5.41) is 18.0. The van der Waals surface area contributed by atoms with Crippen molar-refractivity contribution in [3.05, 3.63) is 0 Å². The summed E-state index contributed by atoms with van der Waals surface area (Å²) in [7, 11) is 0. The summed E-state index contributed by atoms with van der Waals surface area (Å²) in [6.07, 6.45) is -0.604. The van der Waals surface area contributed by atoms with Crippen molar-refractivity contribution in [2.24, 2.45) is 34.5 Å². The molecule has 2 N–H and O–H groups in total. The predicted molar refractivity (Wildman–Crippen MR) is 94.3 cm³/mol. The van der Waals surface area contributed by atoms with Crippen LogP contribution in [-0.4, -0.2) is 22.9 Å². The van der Waals surface area contributed by atoms with Gasteiger partial charge in [0.05, 0.1) is 12.7 Å². The lowest BCUT2D eigenvalue weighted by molar-refractivity contribution is -0.0209. The fourth-order valence-corrected chi connectivity index (χ4v) is 2.00. The zero-order valence-corrected chi connectivity index (χ0v) is 16.5. The molecule has 0 aromatic carbocycles. The Morgan fingerprint density at radius 1 is 0.714 bits per heavy atom. The zero-order chi connectivity index (χ0) is 17.6. The first-order chi connectivity index (χ1) is 9.22. The summed E-state index contributed by atoms with van der Waals surface area (Å²) in [6, 6.07) is 0. The topological polar surface area (TPSA) is 40.5 Å². The largest absolute Gasteiger partial charge is 0.394 e. The van der Waals surface area contributed by atoms with Crippen LogP contribution in [0.5, 0.6) is 0 Å². The van der Waals surface area contributed by atoms with Gasteiger partial charge >= 0.3 is 0 Å². The molecule has 0 aromatic rings. The second-order valence-electron chi connectivity index (χ2n) is 8.68. The molecule has 130 valence electrons. The van der Waals surface area contributed by atoms with Gasteiger partial charge in [-0.25, -0.2) is 0 Å². The molecule has 0 fully saturated rings. The van der Waals surface area contributed by atoms with Crippen LogP contribution < -0.4 is 0 Å².